The molecule has 1 heterocycles. The summed E-state index contributed by atoms with van der Waals surface area (Å²) in [6.45, 7) is 4.23. The maximum absolute atomic E-state index is 11.0. The maximum Gasteiger partial charge on any atom is 0.252 e. The predicted molar refractivity (Wildman–Crippen MR) is 58.6 cm³/mol. The number of nitrogens with one attached hydrogen (secondary N) is 2. The summed E-state index contributed by atoms with van der Waals surface area (Å²) < 4.78 is 0. The van der Waals surface area contributed by atoms with Crippen molar-refractivity contribution in [3.63, 3.8) is 0 Å². The first kappa shape index (κ1) is 10.2. The van der Waals surface area contributed by atoms with E-state index in [9.17, 15) is 4.79 Å². The van der Waals surface area contributed by atoms with Crippen LogP contribution >= 0.6 is 0 Å². The second-order valence-electron chi connectivity index (χ2n) is 4.66. The number of nitrogens with zero attached hydrogens (tertiary/aromatic N) is 1. The molecule has 2 rings (SSSR count). The fourth-order valence-electron chi connectivity index (χ4n) is 1.83. The van der Waals surface area contributed by atoms with Gasteiger partial charge in [0.1, 0.15) is 5.82 Å². The molecular weight excluding hydrogens is 192 g/mol. The van der Waals surface area contributed by atoms with E-state index < -0.39 is 0 Å². The minimum absolute atomic E-state index is 0.0598. The van der Waals surface area contributed by atoms with E-state index in [0.717, 1.165) is 6.42 Å². The van der Waals surface area contributed by atoms with E-state index in [-0.39, 0.29) is 17.0 Å². The van der Waals surface area contributed by atoms with Crippen molar-refractivity contribution in [3.05, 3.63) is 22.7 Å². The van der Waals surface area contributed by atoms with Crippen molar-refractivity contribution in [1.82, 2.24) is 9.97 Å². The molecule has 0 aliphatic heterocycles. The van der Waals surface area contributed by atoms with Gasteiger partial charge >= 0.3 is 0 Å². The van der Waals surface area contributed by atoms with Crippen molar-refractivity contribution in [2.75, 3.05) is 5.32 Å². The smallest absolute Gasteiger partial charge is 0.252 e. The molecule has 5 heteroatoms. The number of rotatable bonds is 2. The largest absolute Gasteiger partial charge is 0.366 e. The zero-order valence-electron chi connectivity index (χ0n) is 8.95. The molecule has 5 nitrogen and oxygen atoms in total. The van der Waals surface area contributed by atoms with Gasteiger partial charge in [-0.3, -0.25) is 4.79 Å². The Balaban J connectivity index is 2.08. The van der Waals surface area contributed by atoms with Crippen molar-refractivity contribution in [2.45, 2.75) is 32.4 Å². The number of hydrogen-bond donors (Lipinski definition) is 3. The summed E-state index contributed by atoms with van der Waals surface area (Å²) in [5.41, 5.74) is 5.82. The summed E-state index contributed by atoms with van der Waals surface area (Å²) >= 11 is 0. The highest BCUT2D eigenvalue weighted by molar-refractivity contribution is 5.35. The molecule has 0 spiro atoms. The summed E-state index contributed by atoms with van der Waals surface area (Å²) in [5, 5.41) is 3.23. The Kier molecular flexibility index (Phi) is 2.26. The molecule has 1 saturated carbocycles. The molecule has 1 fully saturated rings. The maximum atomic E-state index is 11.0. The molecule has 2 atom stereocenters. The van der Waals surface area contributed by atoms with Crippen molar-refractivity contribution < 1.29 is 0 Å². The van der Waals surface area contributed by atoms with Crippen LogP contribution < -0.4 is 16.6 Å². The fraction of sp³-hybridized carbons (Fsp3) is 0.600. The third-order valence-electron chi connectivity index (χ3n) is 3.34. The topological polar surface area (TPSA) is 83.8 Å². The average molecular weight is 208 g/mol. The van der Waals surface area contributed by atoms with Gasteiger partial charge in [0, 0.05) is 23.6 Å². The van der Waals surface area contributed by atoms with Gasteiger partial charge < -0.3 is 16.0 Å². The first-order chi connectivity index (χ1) is 7.00. The van der Waals surface area contributed by atoms with Gasteiger partial charge in [-0.15, -0.1) is 0 Å². The second-order valence-corrected chi connectivity index (χ2v) is 4.66. The molecule has 4 N–H and O–H groups in total. The first-order valence-electron chi connectivity index (χ1n) is 5.07. The summed E-state index contributed by atoms with van der Waals surface area (Å²) in [7, 11) is 0. The monoisotopic (exact) mass is 208 g/mol. The fourth-order valence-corrected chi connectivity index (χ4v) is 1.83. The number of nitrogens with two attached hydrogens (primary N) is 1. The Morgan fingerprint density at radius 2 is 2.40 bits per heavy atom. The Bertz CT molecular complexity index is 412. The molecule has 1 aliphatic rings. The van der Waals surface area contributed by atoms with Crippen molar-refractivity contribution in [2.24, 2.45) is 11.1 Å². The van der Waals surface area contributed by atoms with Crippen LogP contribution in [0, 0.1) is 5.41 Å². The first-order valence-corrected chi connectivity index (χ1v) is 5.07. The van der Waals surface area contributed by atoms with Gasteiger partial charge in [-0.2, -0.15) is 0 Å². The quantitative estimate of drug-likeness (QED) is 0.653. The van der Waals surface area contributed by atoms with E-state index in [0.29, 0.717) is 11.9 Å². The molecule has 1 aromatic heterocycles. The molecule has 15 heavy (non-hydrogen) atoms. The van der Waals surface area contributed by atoms with Gasteiger partial charge in [-0.05, 0) is 6.42 Å². The Hall–Kier alpha value is -1.36. The van der Waals surface area contributed by atoms with Gasteiger partial charge in [0.25, 0.3) is 5.56 Å². The van der Waals surface area contributed by atoms with Crippen molar-refractivity contribution >= 4 is 5.82 Å². The van der Waals surface area contributed by atoms with E-state index in [2.05, 4.69) is 29.1 Å². The molecule has 82 valence electrons. The summed E-state index contributed by atoms with van der Waals surface area (Å²) in [5.74, 6) is 0.615. The number of aromatic nitrogens is 2. The van der Waals surface area contributed by atoms with Crippen LogP contribution in [0.1, 0.15) is 20.3 Å². The van der Waals surface area contributed by atoms with Gasteiger partial charge in [-0.25, -0.2) is 4.98 Å². The van der Waals surface area contributed by atoms with Crippen LogP contribution in [0.25, 0.3) is 0 Å². The number of hydrogen-bond acceptors (Lipinski definition) is 4. The molecule has 0 bridgehead atoms. The summed E-state index contributed by atoms with van der Waals surface area (Å²) in [4.78, 5) is 17.6. The summed E-state index contributed by atoms with van der Waals surface area (Å²) in [6, 6.07) is 1.97. The van der Waals surface area contributed by atoms with Crippen LogP contribution in [0.2, 0.25) is 0 Å². The zero-order chi connectivity index (χ0) is 11.1. The third kappa shape index (κ3) is 1.74. The second kappa shape index (κ2) is 3.34. The molecule has 1 aliphatic carbocycles. The standard InChI is InChI=1S/C10H16N4O/c1-10(2)6(11)3-7(10)14-8-4-9(15)13-5-12-8/h4-7H,3,11H2,1-2H3,(H2,12,13,14,15). The number of aromatic amines is 1. The lowest BCUT2D eigenvalue weighted by molar-refractivity contribution is 0.117. The van der Waals surface area contributed by atoms with Crippen molar-refractivity contribution in [1.29, 1.82) is 0 Å². The average Bonchev–Trinajstić information content (AvgIpc) is 2.17. The predicted octanol–water partition coefficient (Wildman–Crippen LogP) is 0.308. The Labute approximate surface area is 88.1 Å². The molecule has 0 saturated heterocycles. The van der Waals surface area contributed by atoms with E-state index in [1.165, 1.54) is 12.4 Å². The van der Waals surface area contributed by atoms with E-state index in [4.69, 9.17) is 5.73 Å². The van der Waals surface area contributed by atoms with Crippen molar-refractivity contribution in [3.8, 4) is 0 Å². The lowest BCUT2D eigenvalue weighted by atomic mass is 9.63. The van der Waals surface area contributed by atoms with Crippen LogP contribution in [-0.2, 0) is 0 Å². The number of anilines is 1. The van der Waals surface area contributed by atoms with Crippen LogP contribution in [0.4, 0.5) is 5.82 Å². The van der Waals surface area contributed by atoms with E-state index >= 15 is 0 Å². The lowest BCUT2D eigenvalue weighted by Gasteiger charge is -2.50. The molecule has 1 aromatic rings. The number of H-pyrrole nitrogens is 1. The minimum Gasteiger partial charge on any atom is -0.366 e. The molecule has 2 unspecified atom stereocenters. The molecule has 0 radical (unpaired) electrons. The normalized spacial score (nSPS) is 28.2. The minimum atomic E-state index is -0.145. The van der Waals surface area contributed by atoms with Crippen LogP contribution in [0.15, 0.2) is 17.2 Å². The Morgan fingerprint density at radius 3 is 2.93 bits per heavy atom. The third-order valence-corrected chi connectivity index (χ3v) is 3.34. The van der Waals surface area contributed by atoms with Crippen LogP contribution in [0.3, 0.4) is 0 Å². The van der Waals surface area contributed by atoms with Crippen LogP contribution in [-0.4, -0.2) is 22.1 Å². The highest BCUT2D eigenvalue weighted by atomic mass is 16.1. The zero-order valence-corrected chi connectivity index (χ0v) is 8.95. The van der Waals surface area contributed by atoms with Gasteiger partial charge in [0.05, 0.1) is 6.33 Å². The highest BCUT2D eigenvalue weighted by Gasteiger charge is 2.46. The SMILES string of the molecule is CC1(C)C(N)CC1Nc1cc(=O)[nH]cn1. The van der Waals surface area contributed by atoms with E-state index in [1.807, 2.05) is 0 Å². The Morgan fingerprint density at radius 1 is 1.67 bits per heavy atom. The molecule has 0 amide bonds. The van der Waals surface area contributed by atoms with Gasteiger partial charge in [0.2, 0.25) is 0 Å². The van der Waals surface area contributed by atoms with Gasteiger partial charge in [-0.1, -0.05) is 13.8 Å². The van der Waals surface area contributed by atoms with E-state index in [1.54, 1.807) is 0 Å². The molecule has 0 aromatic carbocycles. The summed E-state index contributed by atoms with van der Waals surface area (Å²) in [6.07, 6.45) is 2.32. The lowest BCUT2D eigenvalue weighted by Crippen LogP contribution is -2.61. The highest BCUT2D eigenvalue weighted by Crippen LogP contribution is 2.40. The molecular formula is C10H16N4O. The van der Waals surface area contributed by atoms with Gasteiger partial charge in [0.15, 0.2) is 0 Å². The van der Waals surface area contributed by atoms with Crippen LogP contribution in [0.5, 0.6) is 0 Å².